The summed E-state index contributed by atoms with van der Waals surface area (Å²) in [6.07, 6.45) is -3.35. The number of anilines is 1. The largest absolute Gasteiger partial charge is 0.417 e. The van der Waals surface area contributed by atoms with Crippen LogP contribution < -0.4 is 5.32 Å². The summed E-state index contributed by atoms with van der Waals surface area (Å²) in [5.41, 5.74) is 0.0626. The van der Waals surface area contributed by atoms with Gasteiger partial charge in [-0.2, -0.15) is 13.2 Å². The first-order valence-electron chi connectivity index (χ1n) is 6.74. The molecule has 0 fully saturated rings. The number of aromatic nitrogens is 2. The first-order chi connectivity index (χ1) is 11.3. The first-order valence-corrected chi connectivity index (χ1v) is 7.12. The fourth-order valence-corrected chi connectivity index (χ4v) is 2.31. The Morgan fingerprint density at radius 3 is 2.50 bits per heavy atom. The molecule has 122 valence electrons. The van der Waals surface area contributed by atoms with Gasteiger partial charge in [-0.15, -0.1) is 0 Å². The average Bonchev–Trinajstić information content (AvgIpc) is 2.55. The van der Waals surface area contributed by atoms with Crippen molar-refractivity contribution in [3.63, 3.8) is 0 Å². The van der Waals surface area contributed by atoms with Crippen molar-refractivity contribution in [3.05, 3.63) is 64.9 Å². The van der Waals surface area contributed by atoms with E-state index in [-0.39, 0.29) is 11.4 Å². The van der Waals surface area contributed by atoms with E-state index in [0.717, 1.165) is 12.1 Å². The Morgan fingerprint density at radius 1 is 1.08 bits per heavy atom. The molecule has 1 heterocycles. The Morgan fingerprint density at radius 2 is 1.79 bits per heavy atom. The fraction of sp³-hybridized carbons (Fsp3) is 0.0625. The minimum absolute atomic E-state index is 0.00258. The molecule has 1 amide bonds. The number of carbonyl (C=O) groups is 1. The highest BCUT2D eigenvalue weighted by Crippen LogP contribution is 2.36. The molecule has 3 aromatic rings. The van der Waals surface area contributed by atoms with E-state index in [1.54, 1.807) is 24.3 Å². The Bertz CT molecular complexity index is 928. The number of alkyl halides is 3. The van der Waals surface area contributed by atoms with Gasteiger partial charge in [0.05, 0.1) is 27.8 Å². The Balaban J connectivity index is 1.88. The van der Waals surface area contributed by atoms with Crippen molar-refractivity contribution < 1.29 is 18.0 Å². The van der Waals surface area contributed by atoms with Crippen molar-refractivity contribution >= 4 is 34.2 Å². The molecule has 0 spiro atoms. The molecule has 0 aliphatic heterocycles. The lowest BCUT2D eigenvalue weighted by Gasteiger charge is -2.11. The van der Waals surface area contributed by atoms with Crippen LogP contribution in [0.25, 0.3) is 11.0 Å². The average molecular weight is 352 g/mol. The van der Waals surface area contributed by atoms with Crippen LogP contribution in [0, 0.1) is 0 Å². The molecule has 1 aromatic heterocycles. The monoisotopic (exact) mass is 351 g/mol. The molecule has 8 heteroatoms. The molecule has 0 aliphatic carbocycles. The van der Waals surface area contributed by atoms with Crippen molar-refractivity contribution in [2.75, 3.05) is 5.32 Å². The van der Waals surface area contributed by atoms with E-state index < -0.39 is 22.7 Å². The number of para-hydroxylation sites is 2. The second-order valence-corrected chi connectivity index (χ2v) is 5.30. The van der Waals surface area contributed by atoms with Crippen LogP contribution in [-0.4, -0.2) is 15.9 Å². The van der Waals surface area contributed by atoms with E-state index in [2.05, 4.69) is 15.3 Å². The predicted octanol–water partition coefficient (Wildman–Crippen LogP) is 4.55. The molecule has 0 bridgehead atoms. The minimum atomic E-state index is -4.61. The molecular weight excluding hydrogens is 343 g/mol. The highest BCUT2D eigenvalue weighted by atomic mass is 35.5. The topological polar surface area (TPSA) is 54.9 Å². The molecule has 24 heavy (non-hydrogen) atoms. The zero-order valence-corrected chi connectivity index (χ0v) is 12.7. The van der Waals surface area contributed by atoms with E-state index in [1.165, 1.54) is 12.3 Å². The van der Waals surface area contributed by atoms with E-state index in [9.17, 15) is 18.0 Å². The Hall–Kier alpha value is -2.67. The van der Waals surface area contributed by atoms with Crippen molar-refractivity contribution in [2.24, 2.45) is 0 Å². The van der Waals surface area contributed by atoms with Crippen LogP contribution >= 0.6 is 11.6 Å². The summed E-state index contributed by atoms with van der Waals surface area (Å²) in [5, 5.41) is 1.92. The van der Waals surface area contributed by atoms with Crippen LogP contribution in [0.2, 0.25) is 5.02 Å². The number of fused-ring (bicyclic) bond motifs is 1. The van der Waals surface area contributed by atoms with E-state index in [1.807, 2.05) is 0 Å². The number of nitrogens with zero attached hydrogens (tertiary/aromatic N) is 2. The van der Waals surface area contributed by atoms with Gasteiger partial charge >= 0.3 is 6.18 Å². The number of halogens is 4. The van der Waals surface area contributed by atoms with Crippen LogP contribution in [0.3, 0.4) is 0 Å². The summed E-state index contributed by atoms with van der Waals surface area (Å²) in [7, 11) is 0. The maximum absolute atomic E-state index is 12.8. The fourth-order valence-electron chi connectivity index (χ4n) is 2.08. The molecular formula is C16H9ClF3N3O. The van der Waals surface area contributed by atoms with Gasteiger partial charge in [-0.05, 0) is 30.3 Å². The van der Waals surface area contributed by atoms with Crippen molar-refractivity contribution in [3.8, 4) is 0 Å². The number of amides is 1. The summed E-state index contributed by atoms with van der Waals surface area (Å²) >= 11 is 5.54. The zero-order valence-electron chi connectivity index (χ0n) is 11.9. The predicted molar refractivity (Wildman–Crippen MR) is 83.9 cm³/mol. The summed E-state index contributed by atoms with van der Waals surface area (Å²) < 4.78 is 38.5. The molecule has 2 aromatic carbocycles. The van der Waals surface area contributed by atoms with E-state index in [0.29, 0.717) is 11.0 Å². The number of carbonyl (C=O) groups excluding carboxylic acids is 1. The van der Waals surface area contributed by atoms with Crippen LogP contribution in [0.5, 0.6) is 0 Å². The summed E-state index contributed by atoms with van der Waals surface area (Å²) in [6, 6.07) is 10.1. The van der Waals surface area contributed by atoms with Crippen LogP contribution in [-0.2, 0) is 6.18 Å². The van der Waals surface area contributed by atoms with Crippen molar-refractivity contribution in [1.29, 1.82) is 0 Å². The number of nitrogens with one attached hydrogen (secondary N) is 1. The van der Waals surface area contributed by atoms with Gasteiger partial charge in [0, 0.05) is 5.69 Å². The van der Waals surface area contributed by atoms with Gasteiger partial charge < -0.3 is 5.32 Å². The Kier molecular flexibility index (Phi) is 4.11. The molecule has 3 rings (SSSR count). The van der Waals surface area contributed by atoms with Gasteiger partial charge in [0.1, 0.15) is 5.69 Å². The van der Waals surface area contributed by atoms with E-state index >= 15 is 0 Å². The second kappa shape index (κ2) is 6.09. The molecule has 0 unspecified atom stereocenters. The Labute approximate surface area is 139 Å². The maximum Gasteiger partial charge on any atom is 0.417 e. The third-order valence-electron chi connectivity index (χ3n) is 3.21. The number of benzene rings is 2. The van der Waals surface area contributed by atoms with Gasteiger partial charge in [-0.1, -0.05) is 23.7 Å². The number of hydrogen-bond donors (Lipinski definition) is 1. The number of hydrogen-bond acceptors (Lipinski definition) is 3. The highest BCUT2D eigenvalue weighted by Gasteiger charge is 2.33. The molecule has 0 radical (unpaired) electrons. The zero-order chi connectivity index (χ0) is 17.3. The van der Waals surface area contributed by atoms with E-state index in [4.69, 9.17) is 11.6 Å². The third kappa shape index (κ3) is 3.30. The van der Waals surface area contributed by atoms with Crippen molar-refractivity contribution in [1.82, 2.24) is 9.97 Å². The van der Waals surface area contributed by atoms with Crippen molar-refractivity contribution in [2.45, 2.75) is 6.18 Å². The maximum atomic E-state index is 12.8. The lowest BCUT2D eigenvalue weighted by Crippen LogP contribution is -2.15. The van der Waals surface area contributed by atoms with Gasteiger partial charge in [0.25, 0.3) is 5.91 Å². The lowest BCUT2D eigenvalue weighted by atomic mass is 10.2. The quantitative estimate of drug-likeness (QED) is 0.736. The molecule has 4 nitrogen and oxygen atoms in total. The van der Waals surface area contributed by atoms with Gasteiger partial charge in [0.15, 0.2) is 0 Å². The molecule has 0 saturated carbocycles. The summed E-state index contributed by atoms with van der Waals surface area (Å²) in [6.45, 7) is 0. The number of rotatable bonds is 2. The normalized spacial score (nSPS) is 11.5. The lowest BCUT2D eigenvalue weighted by molar-refractivity contribution is -0.137. The van der Waals surface area contributed by atoms with Crippen LogP contribution in [0.1, 0.15) is 16.1 Å². The SMILES string of the molecule is O=C(Nc1ccc(Cl)c(C(F)(F)F)c1)c1cnc2ccccc2n1. The second-order valence-electron chi connectivity index (χ2n) is 4.89. The third-order valence-corrected chi connectivity index (χ3v) is 3.54. The van der Waals surface area contributed by atoms with Crippen LogP contribution in [0.4, 0.5) is 18.9 Å². The molecule has 1 N–H and O–H groups in total. The molecule has 0 aliphatic rings. The van der Waals surface area contributed by atoms with Gasteiger partial charge in [0.2, 0.25) is 0 Å². The minimum Gasteiger partial charge on any atom is -0.321 e. The summed E-state index contributed by atoms with van der Waals surface area (Å²) in [4.78, 5) is 20.4. The standard InChI is InChI=1S/C16H9ClF3N3O/c17-11-6-5-9(7-10(11)16(18,19)20)22-15(24)14-8-21-12-3-1-2-4-13(12)23-14/h1-8H,(H,22,24). The van der Waals surface area contributed by atoms with Gasteiger partial charge in [-0.25, -0.2) is 4.98 Å². The molecule has 0 saturated heterocycles. The first kappa shape index (κ1) is 16.2. The summed E-state index contributed by atoms with van der Waals surface area (Å²) in [5.74, 6) is -0.663. The highest BCUT2D eigenvalue weighted by molar-refractivity contribution is 6.31. The van der Waals surface area contributed by atoms with Crippen LogP contribution in [0.15, 0.2) is 48.7 Å². The smallest absolute Gasteiger partial charge is 0.321 e. The molecule has 0 atom stereocenters. The van der Waals surface area contributed by atoms with Gasteiger partial charge in [-0.3, -0.25) is 9.78 Å².